The fourth-order valence-corrected chi connectivity index (χ4v) is 3.79. The summed E-state index contributed by atoms with van der Waals surface area (Å²) in [5.74, 6) is 0. The van der Waals surface area contributed by atoms with Crippen molar-refractivity contribution in [2.75, 3.05) is 46.3 Å². The number of para-hydroxylation sites is 1. The van der Waals surface area contributed by atoms with E-state index in [4.69, 9.17) is 13.3 Å². The molecular formula is C15H27N3O4Si. The van der Waals surface area contributed by atoms with E-state index < -0.39 is 8.80 Å². The highest BCUT2D eigenvalue weighted by atomic mass is 28.4. The van der Waals surface area contributed by atoms with Crippen LogP contribution in [0, 0.1) is 0 Å². The Morgan fingerprint density at radius 3 is 2.26 bits per heavy atom. The van der Waals surface area contributed by atoms with E-state index in [9.17, 15) is 4.79 Å². The average molecular weight is 341 g/mol. The number of amides is 2. The van der Waals surface area contributed by atoms with Gasteiger partial charge in [-0.15, -0.1) is 0 Å². The topological polar surface area (TPSA) is 80.9 Å². The largest absolute Gasteiger partial charge is 0.500 e. The van der Waals surface area contributed by atoms with Crippen LogP contribution in [0.1, 0.15) is 6.42 Å². The van der Waals surface area contributed by atoms with Crippen LogP contribution in [0.4, 0.5) is 10.5 Å². The summed E-state index contributed by atoms with van der Waals surface area (Å²) >= 11 is 0. The van der Waals surface area contributed by atoms with Crippen LogP contribution in [0.5, 0.6) is 0 Å². The number of carbonyl (C=O) groups is 1. The zero-order valence-corrected chi connectivity index (χ0v) is 15.1. The normalized spacial score (nSPS) is 11.3. The van der Waals surface area contributed by atoms with E-state index in [-0.39, 0.29) is 6.03 Å². The van der Waals surface area contributed by atoms with Gasteiger partial charge in [-0.2, -0.15) is 0 Å². The molecule has 23 heavy (non-hydrogen) atoms. The zero-order chi connectivity index (χ0) is 17.0. The lowest BCUT2D eigenvalue weighted by molar-refractivity contribution is 0.123. The summed E-state index contributed by atoms with van der Waals surface area (Å²) in [4.78, 5) is 11.7. The quantitative estimate of drug-likeness (QED) is 0.421. The summed E-state index contributed by atoms with van der Waals surface area (Å²) in [6.45, 7) is 2.07. The van der Waals surface area contributed by atoms with Crippen molar-refractivity contribution in [3.8, 4) is 0 Å². The lowest BCUT2D eigenvalue weighted by Crippen LogP contribution is -2.43. The number of anilines is 1. The van der Waals surface area contributed by atoms with Gasteiger partial charge in [0, 0.05) is 46.2 Å². The predicted octanol–water partition coefficient (Wildman–Crippen LogP) is 1.67. The van der Waals surface area contributed by atoms with E-state index in [2.05, 4.69) is 16.0 Å². The second-order valence-electron chi connectivity index (χ2n) is 4.90. The van der Waals surface area contributed by atoms with Crippen molar-refractivity contribution in [2.24, 2.45) is 0 Å². The van der Waals surface area contributed by atoms with Crippen LogP contribution in [0.2, 0.25) is 6.04 Å². The van der Waals surface area contributed by atoms with Crippen molar-refractivity contribution in [2.45, 2.75) is 12.5 Å². The molecule has 1 rings (SSSR count). The van der Waals surface area contributed by atoms with Crippen LogP contribution in [-0.2, 0) is 13.3 Å². The minimum absolute atomic E-state index is 0.206. The summed E-state index contributed by atoms with van der Waals surface area (Å²) in [6.07, 6.45) is 0.887. The van der Waals surface area contributed by atoms with E-state index in [1.54, 1.807) is 21.3 Å². The van der Waals surface area contributed by atoms with Gasteiger partial charge in [-0.3, -0.25) is 0 Å². The molecule has 0 unspecified atom stereocenters. The Kier molecular flexibility index (Phi) is 9.49. The van der Waals surface area contributed by atoms with Crippen LogP contribution in [0.3, 0.4) is 0 Å². The minimum atomic E-state index is -2.47. The molecule has 2 amide bonds. The third kappa shape index (κ3) is 7.57. The fourth-order valence-electron chi connectivity index (χ4n) is 2.07. The van der Waals surface area contributed by atoms with Gasteiger partial charge in [0.15, 0.2) is 0 Å². The SMILES string of the molecule is CO[Si](CCCNCCNC(=O)Nc1ccccc1)(OC)OC. The molecule has 0 fully saturated rings. The molecule has 0 saturated heterocycles. The van der Waals surface area contributed by atoms with E-state index >= 15 is 0 Å². The molecular weight excluding hydrogens is 314 g/mol. The third-order valence-corrected chi connectivity index (χ3v) is 6.22. The number of hydrogen-bond donors (Lipinski definition) is 3. The average Bonchev–Trinajstić information content (AvgIpc) is 2.59. The van der Waals surface area contributed by atoms with Crippen molar-refractivity contribution in [3.63, 3.8) is 0 Å². The Labute approximate surface area is 139 Å². The van der Waals surface area contributed by atoms with E-state index in [1.165, 1.54) is 0 Å². The van der Waals surface area contributed by atoms with Gasteiger partial charge in [0.2, 0.25) is 0 Å². The summed E-state index contributed by atoms with van der Waals surface area (Å²) < 4.78 is 16.1. The molecule has 0 aromatic heterocycles. The first-order valence-electron chi connectivity index (χ1n) is 7.62. The molecule has 0 bridgehead atoms. The van der Waals surface area contributed by atoms with Gasteiger partial charge in [-0.25, -0.2) is 4.79 Å². The molecule has 7 nitrogen and oxygen atoms in total. The van der Waals surface area contributed by atoms with Gasteiger partial charge in [-0.05, 0) is 25.1 Å². The molecule has 0 spiro atoms. The number of nitrogens with one attached hydrogen (secondary N) is 3. The van der Waals surface area contributed by atoms with Crippen LogP contribution < -0.4 is 16.0 Å². The highest BCUT2D eigenvalue weighted by molar-refractivity contribution is 6.60. The molecule has 0 saturated carbocycles. The molecule has 0 radical (unpaired) electrons. The molecule has 0 aliphatic carbocycles. The first-order valence-corrected chi connectivity index (χ1v) is 9.55. The maximum Gasteiger partial charge on any atom is 0.500 e. The lowest BCUT2D eigenvalue weighted by atomic mass is 10.3. The monoisotopic (exact) mass is 341 g/mol. The van der Waals surface area contributed by atoms with Gasteiger partial charge >= 0.3 is 14.8 Å². The highest BCUT2D eigenvalue weighted by Crippen LogP contribution is 2.14. The summed E-state index contributed by atoms with van der Waals surface area (Å²) in [5, 5.41) is 8.82. The summed E-state index contributed by atoms with van der Waals surface area (Å²) in [7, 11) is 2.37. The number of hydrogen-bond acceptors (Lipinski definition) is 5. The summed E-state index contributed by atoms with van der Waals surface area (Å²) in [5.41, 5.74) is 0.776. The van der Waals surface area contributed by atoms with Gasteiger partial charge < -0.3 is 29.2 Å². The number of benzene rings is 1. The number of rotatable bonds is 11. The first-order chi connectivity index (χ1) is 11.2. The van der Waals surface area contributed by atoms with Crippen molar-refractivity contribution >= 4 is 20.5 Å². The third-order valence-electron chi connectivity index (χ3n) is 3.39. The number of carbonyl (C=O) groups excluding carboxylic acids is 1. The van der Waals surface area contributed by atoms with Crippen LogP contribution >= 0.6 is 0 Å². The van der Waals surface area contributed by atoms with Gasteiger partial charge in [0.1, 0.15) is 0 Å². The molecule has 130 valence electrons. The van der Waals surface area contributed by atoms with Gasteiger partial charge in [0.05, 0.1) is 0 Å². The molecule has 3 N–H and O–H groups in total. The van der Waals surface area contributed by atoms with Crippen molar-refractivity contribution in [3.05, 3.63) is 30.3 Å². The Morgan fingerprint density at radius 2 is 1.65 bits per heavy atom. The molecule has 8 heteroatoms. The minimum Gasteiger partial charge on any atom is -0.377 e. The van der Waals surface area contributed by atoms with Gasteiger partial charge in [-0.1, -0.05) is 18.2 Å². The second-order valence-corrected chi connectivity index (χ2v) is 7.99. The van der Waals surface area contributed by atoms with Crippen molar-refractivity contribution in [1.29, 1.82) is 0 Å². The standard InChI is InChI=1S/C15H27N3O4Si/c1-20-23(21-2,22-3)13-7-10-16-11-12-17-15(19)18-14-8-5-4-6-9-14/h4-6,8-9,16H,7,10-13H2,1-3H3,(H2,17,18,19). The maximum atomic E-state index is 11.7. The maximum absolute atomic E-state index is 11.7. The van der Waals surface area contributed by atoms with Crippen molar-refractivity contribution in [1.82, 2.24) is 10.6 Å². The van der Waals surface area contributed by atoms with Gasteiger partial charge in [0.25, 0.3) is 0 Å². The van der Waals surface area contributed by atoms with E-state index in [1.807, 2.05) is 30.3 Å². The van der Waals surface area contributed by atoms with Crippen LogP contribution in [0.25, 0.3) is 0 Å². The van der Waals surface area contributed by atoms with Crippen LogP contribution in [-0.4, -0.2) is 55.8 Å². The molecule has 0 aliphatic rings. The second kappa shape index (κ2) is 11.1. The Bertz CT molecular complexity index is 435. The predicted molar refractivity (Wildman–Crippen MR) is 92.5 cm³/mol. The zero-order valence-electron chi connectivity index (χ0n) is 14.1. The van der Waals surface area contributed by atoms with Crippen LogP contribution in [0.15, 0.2) is 30.3 Å². The molecule has 0 aliphatic heterocycles. The summed E-state index contributed by atoms with van der Waals surface area (Å²) in [6, 6.07) is 9.89. The molecule has 1 aromatic carbocycles. The first kappa shape index (κ1) is 19.6. The fraction of sp³-hybridized carbons (Fsp3) is 0.533. The molecule has 0 heterocycles. The van der Waals surface area contributed by atoms with E-state index in [0.29, 0.717) is 13.1 Å². The molecule has 1 aromatic rings. The lowest BCUT2D eigenvalue weighted by Gasteiger charge is -2.24. The van der Waals surface area contributed by atoms with Crippen molar-refractivity contribution < 1.29 is 18.1 Å². The Morgan fingerprint density at radius 1 is 1.00 bits per heavy atom. The highest BCUT2D eigenvalue weighted by Gasteiger charge is 2.36. The smallest absolute Gasteiger partial charge is 0.377 e. The van der Waals surface area contributed by atoms with E-state index in [0.717, 1.165) is 24.7 Å². The number of urea groups is 1. The Hall–Kier alpha value is -1.45. The Balaban J connectivity index is 2.06. The molecule has 0 atom stereocenters.